The summed E-state index contributed by atoms with van der Waals surface area (Å²) < 4.78 is 72.9. The number of aromatic nitrogens is 2. The molecule has 0 bridgehead atoms. The smallest absolute Gasteiger partial charge is 0.361 e. The summed E-state index contributed by atoms with van der Waals surface area (Å²) >= 11 is 3.10. The van der Waals surface area contributed by atoms with E-state index in [1.165, 1.54) is 18.2 Å². The molecule has 0 aliphatic carbocycles. The lowest BCUT2D eigenvalue weighted by Gasteiger charge is -2.26. The summed E-state index contributed by atoms with van der Waals surface area (Å²) in [6.45, 7) is 2.20. The summed E-state index contributed by atoms with van der Waals surface area (Å²) in [5.41, 5.74) is 4.56. The average Bonchev–Trinajstić information content (AvgIpc) is 3.38. The topological polar surface area (TPSA) is 150 Å². The van der Waals surface area contributed by atoms with Gasteiger partial charge < -0.3 is 5.32 Å². The van der Waals surface area contributed by atoms with Gasteiger partial charge in [0, 0.05) is 26.2 Å². The summed E-state index contributed by atoms with van der Waals surface area (Å²) in [7, 11) is -2.89. The summed E-state index contributed by atoms with van der Waals surface area (Å²) in [5.74, 6) is 0.212. The van der Waals surface area contributed by atoms with E-state index in [0.29, 0.717) is 31.9 Å². The number of anilines is 1. The number of nitrogens with one attached hydrogen (secondary N) is 2. The number of nitrogens with zero attached hydrogens (tertiary/aromatic N) is 4. The van der Waals surface area contributed by atoms with Crippen LogP contribution >= 0.6 is 15.9 Å². The Morgan fingerprint density at radius 1 is 1.12 bits per heavy atom. The fourth-order valence-corrected chi connectivity index (χ4v) is 5.03. The van der Waals surface area contributed by atoms with Gasteiger partial charge in [0.05, 0.1) is 21.7 Å². The number of aliphatic imine (C=N–C) groups is 1. The number of sulfone groups is 1. The maximum absolute atomic E-state index is 13.5. The molecule has 40 heavy (non-hydrogen) atoms. The molecule has 1 saturated heterocycles. The van der Waals surface area contributed by atoms with Crippen LogP contribution < -0.4 is 10.8 Å². The highest BCUT2D eigenvalue weighted by atomic mass is 79.9. The molecule has 0 unspecified atom stereocenters. The Balaban J connectivity index is 0.000000663. The number of hydroxylamine groups is 1. The Kier molecular flexibility index (Phi) is 10.7. The highest BCUT2D eigenvalue weighted by Crippen LogP contribution is 2.23. The first kappa shape index (κ1) is 31.1. The number of halogens is 5. The molecule has 17 heteroatoms. The summed E-state index contributed by atoms with van der Waals surface area (Å²) in [6, 6.07) is 12.1. The van der Waals surface area contributed by atoms with Crippen molar-refractivity contribution in [3.05, 3.63) is 69.6 Å². The third-order valence-electron chi connectivity index (χ3n) is 5.42. The normalized spacial score (nSPS) is 15.6. The fourth-order valence-electron chi connectivity index (χ4n) is 3.39. The maximum Gasteiger partial charge on any atom is 0.446 e. The number of carbonyl (C=O) groups is 1. The average molecular weight is 651 g/mol. The molecule has 2 aromatic carbocycles. The van der Waals surface area contributed by atoms with Crippen molar-refractivity contribution in [3.8, 4) is 0 Å². The van der Waals surface area contributed by atoms with E-state index in [2.05, 4.69) is 41.5 Å². The number of carbonyl (C=O) groups excluding carboxylic acids is 1. The number of amidine groups is 1. The zero-order valence-corrected chi connectivity index (χ0v) is 22.9. The number of rotatable bonds is 7. The van der Waals surface area contributed by atoms with Gasteiger partial charge in [-0.1, -0.05) is 24.3 Å². The third kappa shape index (κ3) is 9.65. The quantitative estimate of drug-likeness (QED) is 0.114. The highest BCUT2D eigenvalue weighted by Gasteiger charge is 2.25. The van der Waals surface area contributed by atoms with Gasteiger partial charge in [0.15, 0.2) is 21.4 Å². The van der Waals surface area contributed by atoms with Crippen molar-refractivity contribution in [1.82, 2.24) is 20.7 Å². The van der Waals surface area contributed by atoms with Crippen molar-refractivity contribution in [1.29, 1.82) is 0 Å². The van der Waals surface area contributed by atoms with Crippen molar-refractivity contribution in [3.63, 3.8) is 0 Å². The molecule has 0 spiro atoms. The number of alkyl halides is 3. The summed E-state index contributed by atoms with van der Waals surface area (Å²) in [6.07, 6.45) is -5.70. The van der Waals surface area contributed by atoms with Gasteiger partial charge in [0.1, 0.15) is 5.82 Å². The Hall–Kier alpha value is -3.41. The fraction of sp³-hybridized carbons (Fsp3) is 0.304. The molecule has 11 nitrogen and oxygen atoms in total. The van der Waals surface area contributed by atoms with E-state index in [4.69, 9.17) is 9.42 Å². The Bertz CT molecular complexity index is 1420. The molecule has 3 aromatic rings. The molecule has 0 amide bonds. The van der Waals surface area contributed by atoms with E-state index in [9.17, 15) is 31.2 Å². The van der Waals surface area contributed by atoms with Crippen LogP contribution in [0.5, 0.6) is 0 Å². The standard InChI is InChI=1S/C21H22BrFN6O4S.C2HF3O/c22-17-11-16(5-6-18(17)23)25-21(26-30)19-20(28-33-27-19)24-12-14-1-3-15(4-2-14)13-29-7-9-34(31,32)10-8-29;3-2(4,5)1-6/h1-6,11,30H,7-10,12-13H2,(H,24,28)(H,25,26);1H. The minimum absolute atomic E-state index is 0.0267. The van der Waals surface area contributed by atoms with Crippen molar-refractivity contribution in [2.75, 3.05) is 29.9 Å². The van der Waals surface area contributed by atoms with Gasteiger partial charge in [-0.05, 0) is 55.6 Å². The lowest BCUT2D eigenvalue weighted by atomic mass is 10.1. The van der Waals surface area contributed by atoms with Gasteiger partial charge in [-0.3, -0.25) is 20.4 Å². The van der Waals surface area contributed by atoms with Gasteiger partial charge in [-0.2, -0.15) is 13.2 Å². The Morgan fingerprint density at radius 3 is 2.33 bits per heavy atom. The Morgan fingerprint density at radius 2 is 1.75 bits per heavy atom. The summed E-state index contributed by atoms with van der Waals surface area (Å²) in [4.78, 5) is 15.1. The predicted octanol–water partition coefficient (Wildman–Crippen LogP) is 3.62. The second kappa shape index (κ2) is 13.8. The molecule has 0 radical (unpaired) electrons. The van der Waals surface area contributed by atoms with Crippen LogP contribution in [0.25, 0.3) is 0 Å². The van der Waals surface area contributed by atoms with Gasteiger partial charge in [0.25, 0.3) is 0 Å². The second-order valence-corrected chi connectivity index (χ2v) is 11.5. The van der Waals surface area contributed by atoms with Crippen LogP contribution in [-0.2, 0) is 27.7 Å². The molecule has 1 aromatic heterocycles. The van der Waals surface area contributed by atoms with Crippen molar-refractivity contribution in [2.24, 2.45) is 4.99 Å². The molecule has 1 aliphatic rings. The number of benzene rings is 2. The molecular weight excluding hydrogens is 628 g/mol. The molecule has 1 aliphatic heterocycles. The SMILES string of the molecule is O=CC(F)(F)F.O=S1(=O)CCN(Cc2ccc(CNc3nonc3C(=Nc3ccc(F)c(Br)c3)NO)cc2)CC1. The molecular formula is C23H23BrF4N6O5S. The van der Waals surface area contributed by atoms with E-state index in [1.807, 2.05) is 29.7 Å². The van der Waals surface area contributed by atoms with Crippen LogP contribution in [0, 0.1) is 5.82 Å². The lowest BCUT2D eigenvalue weighted by Crippen LogP contribution is -2.39. The first-order valence-electron chi connectivity index (χ1n) is 11.4. The van der Waals surface area contributed by atoms with E-state index < -0.39 is 28.1 Å². The molecule has 3 N–H and O–H groups in total. The van der Waals surface area contributed by atoms with Gasteiger partial charge in [0.2, 0.25) is 12.1 Å². The van der Waals surface area contributed by atoms with Crippen LogP contribution in [0.15, 0.2) is 56.6 Å². The number of hydrogen-bond acceptors (Lipinski definition) is 10. The van der Waals surface area contributed by atoms with E-state index in [0.717, 1.165) is 11.1 Å². The predicted molar refractivity (Wildman–Crippen MR) is 139 cm³/mol. The van der Waals surface area contributed by atoms with Crippen LogP contribution in [0.3, 0.4) is 0 Å². The van der Waals surface area contributed by atoms with Crippen molar-refractivity contribution in [2.45, 2.75) is 19.3 Å². The minimum atomic E-state index is -4.64. The lowest BCUT2D eigenvalue weighted by molar-refractivity contribution is -0.156. The highest BCUT2D eigenvalue weighted by molar-refractivity contribution is 9.10. The largest absolute Gasteiger partial charge is 0.446 e. The molecule has 216 valence electrons. The summed E-state index contributed by atoms with van der Waals surface area (Å²) in [5, 5.41) is 20.3. The van der Waals surface area contributed by atoms with Gasteiger partial charge in [-0.25, -0.2) is 22.4 Å². The molecule has 2 heterocycles. The monoisotopic (exact) mass is 650 g/mol. The first-order valence-corrected chi connectivity index (χ1v) is 14.0. The Labute approximate surface area is 234 Å². The van der Waals surface area contributed by atoms with Gasteiger partial charge >= 0.3 is 6.18 Å². The van der Waals surface area contributed by atoms with Crippen LogP contribution in [0.2, 0.25) is 0 Å². The number of hydrogen-bond donors (Lipinski definition) is 3. The second-order valence-electron chi connectivity index (χ2n) is 8.39. The van der Waals surface area contributed by atoms with Crippen molar-refractivity contribution < 1.29 is 40.6 Å². The minimum Gasteiger partial charge on any atom is -0.361 e. The zero-order chi connectivity index (χ0) is 29.3. The van der Waals surface area contributed by atoms with Crippen molar-refractivity contribution >= 4 is 49.4 Å². The molecule has 4 rings (SSSR count). The maximum atomic E-state index is 13.5. The van der Waals surface area contributed by atoms with Crippen LogP contribution in [-0.4, -0.2) is 71.7 Å². The zero-order valence-electron chi connectivity index (χ0n) is 20.5. The first-order chi connectivity index (χ1) is 18.9. The van der Waals surface area contributed by atoms with E-state index >= 15 is 0 Å². The van der Waals surface area contributed by atoms with E-state index in [1.54, 1.807) is 0 Å². The third-order valence-corrected chi connectivity index (χ3v) is 7.64. The van der Waals surface area contributed by atoms with Crippen LogP contribution in [0.4, 0.5) is 29.1 Å². The molecule has 0 saturated carbocycles. The number of aldehydes is 1. The van der Waals surface area contributed by atoms with E-state index in [-0.39, 0.29) is 33.3 Å². The van der Waals surface area contributed by atoms with Gasteiger partial charge in [-0.15, -0.1) is 0 Å². The molecule has 0 atom stereocenters. The van der Waals surface area contributed by atoms with Crippen LogP contribution in [0.1, 0.15) is 16.8 Å². The molecule has 1 fully saturated rings.